The normalized spacial score (nSPS) is 10.4. The maximum absolute atomic E-state index is 9.57. The van der Waals surface area contributed by atoms with Gasteiger partial charge in [-0.3, -0.25) is 0 Å². The third kappa shape index (κ3) is 2.89. The minimum absolute atomic E-state index is 0.221. The Morgan fingerprint density at radius 3 is 2.42 bits per heavy atom. The maximum atomic E-state index is 9.57. The summed E-state index contributed by atoms with van der Waals surface area (Å²) < 4.78 is 0.900. The number of hydrogen-bond acceptors (Lipinski definition) is 3. The maximum Gasteiger partial charge on any atom is 0.142 e. The molecule has 0 amide bonds. The Balaban J connectivity index is 2.34. The fourth-order valence-corrected chi connectivity index (χ4v) is 3.31. The number of hydrogen-bond donors (Lipinski definition) is 1. The molecule has 3 rings (SSSR count). The van der Waals surface area contributed by atoms with Crippen LogP contribution >= 0.6 is 27.5 Å². The minimum atomic E-state index is 0.221. The third-order valence-electron chi connectivity index (χ3n) is 3.84. The molecule has 2 aromatic carbocycles. The average molecular weight is 399 g/mol. The van der Waals surface area contributed by atoms with Crippen LogP contribution in [0.4, 0.5) is 5.82 Å². The Bertz CT molecular complexity index is 960. The number of nitriles is 1. The van der Waals surface area contributed by atoms with Crippen molar-refractivity contribution < 1.29 is 0 Å². The Labute approximate surface area is 153 Å². The van der Waals surface area contributed by atoms with E-state index in [1.165, 1.54) is 0 Å². The average Bonchev–Trinajstić information content (AvgIpc) is 2.58. The molecule has 0 unspecified atom stereocenters. The SMILES string of the molecule is Cc1c(-c2ccc(Cl)cc2)nc(N)c(C#N)c1-c1ccccc1Br. The lowest BCUT2D eigenvalue weighted by Crippen LogP contribution is -2.03. The Morgan fingerprint density at radius 1 is 1.12 bits per heavy atom. The molecule has 1 aromatic heterocycles. The molecule has 0 fully saturated rings. The van der Waals surface area contributed by atoms with Crippen molar-refractivity contribution in [2.75, 3.05) is 5.73 Å². The van der Waals surface area contributed by atoms with Crippen LogP contribution in [0.15, 0.2) is 53.0 Å². The molecule has 5 heteroatoms. The second-order valence-electron chi connectivity index (χ2n) is 5.32. The van der Waals surface area contributed by atoms with Crippen molar-refractivity contribution in [3.8, 4) is 28.5 Å². The monoisotopic (exact) mass is 397 g/mol. The van der Waals surface area contributed by atoms with E-state index in [2.05, 4.69) is 27.0 Å². The smallest absolute Gasteiger partial charge is 0.142 e. The zero-order valence-corrected chi connectivity index (χ0v) is 15.2. The minimum Gasteiger partial charge on any atom is -0.383 e. The van der Waals surface area contributed by atoms with E-state index in [9.17, 15) is 5.26 Å². The van der Waals surface area contributed by atoms with Crippen LogP contribution in [-0.2, 0) is 0 Å². The Kier molecular flexibility index (Phi) is 4.57. The molecule has 0 bridgehead atoms. The Hall–Kier alpha value is -2.35. The first kappa shape index (κ1) is 16.5. The van der Waals surface area contributed by atoms with Crippen LogP contribution in [0.5, 0.6) is 0 Å². The number of pyridine rings is 1. The molecule has 3 nitrogen and oxygen atoms in total. The summed E-state index contributed by atoms with van der Waals surface area (Å²) in [4.78, 5) is 4.46. The second kappa shape index (κ2) is 6.64. The molecule has 118 valence electrons. The molecule has 0 radical (unpaired) electrons. The molecule has 0 aliphatic heterocycles. The van der Waals surface area contributed by atoms with Crippen molar-refractivity contribution in [1.82, 2.24) is 4.98 Å². The summed E-state index contributed by atoms with van der Waals surface area (Å²) in [5.74, 6) is 0.221. The van der Waals surface area contributed by atoms with Gasteiger partial charge >= 0.3 is 0 Å². The van der Waals surface area contributed by atoms with Gasteiger partial charge in [0.05, 0.1) is 5.69 Å². The highest BCUT2D eigenvalue weighted by molar-refractivity contribution is 9.10. The van der Waals surface area contributed by atoms with Gasteiger partial charge in [0, 0.05) is 20.6 Å². The summed E-state index contributed by atoms with van der Waals surface area (Å²) in [5, 5.41) is 10.2. The summed E-state index contributed by atoms with van der Waals surface area (Å²) in [7, 11) is 0. The van der Waals surface area contributed by atoms with Gasteiger partial charge in [-0.2, -0.15) is 5.26 Å². The first-order chi connectivity index (χ1) is 11.5. The van der Waals surface area contributed by atoms with Gasteiger partial charge in [0.1, 0.15) is 17.5 Å². The zero-order chi connectivity index (χ0) is 17.3. The highest BCUT2D eigenvalue weighted by Crippen LogP contribution is 2.38. The fourth-order valence-electron chi connectivity index (χ4n) is 2.70. The van der Waals surface area contributed by atoms with E-state index < -0.39 is 0 Å². The topological polar surface area (TPSA) is 62.7 Å². The van der Waals surface area contributed by atoms with Crippen molar-refractivity contribution >= 4 is 33.3 Å². The number of nitrogen functional groups attached to an aromatic ring is 1. The van der Waals surface area contributed by atoms with Crippen LogP contribution in [0.3, 0.4) is 0 Å². The van der Waals surface area contributed by atoms with Crippen LogP contribution in [-0.4, -0.2) is 4.98 Å². The van der Waals surface area contributed by atoms with Crippen LogP contribution < -0.4 is 5.73 Å². The van der Waals surface area contributed by atoms with E-state index in [1.54, 1.807) is 0 Å². The van der Waals surface area contributed by atoms with Gasteiger partial charge in [-0.15, -0.1) is 0 Å². The van der Waals surface area contributed by atoms with Gasteiger partial charge in [0.15, 0.2) is 0 Å². The van der Waals surface area contributed by atoms with E-state index in [4.69, 9.17) is 17.3 Å². The standard InChI is InChI=1S/C19H13BrClN3/c1-11-17(14-4-2-3-5-16(14)20)15(10-22)19(23)24-18(11)12-6-8-13(21)9-7-12/h2-9H,1H3,(H2,23,24). The number of benzene rings is 2. The number of anilines is 1. The third-order valence-corrected chi connectivity index (χ3v) is 4.78. The lowest BCUT2D eigenvalue weighted by atomic mass is 9.93. The van der Waals surface area contributed by atoms with Gasteiger partial charge in [-0.1, -0.05) is 57.9 Å². The summed E-state index contributed by atoms with van der Waals surface area (Å²) in [6, 6.07) is 17.4. The number of halogens is 2. The van der Waals surface area contributed by atoms with E-state index >= 15 is 0 Å². The van der Waals surface area contributed by atoms with E-state index in [0.717, 1.165) is 32.4 Å². The van der Waals surface area contributed by atoms with Gasteiger partial charge in [-0.05, 0) is 36.2 Å². The molecule has 0 spiro atoms. The highest BCUT2D eigenvalue weighted by atomic mass is 79.9. The van der Waals surface area contributed by atoms with Crippen molar-refractivity contribution in [2.45, 2.75) is 6.92 Å². The molecular weight excluding hydrogens is 386 g/mol. The predicted molar refractivity (Wildman–Crippen MR) is 102 cm³/mol. The number of aromatic nitrogens is 1. The van der Waals surface area contributed by atoms with Crippen molar-refractivity contribution in [1.29, 1.82) is 5.26 Å². The molecule has 0 atom stereocenters. The largest absolute Gasteiger partial charge is 0.383 e. The molecule has 0 saturated carbocycles. The number of nitrogens with zero attached hydrogens (tertiary/aromatic N) is 2. The molecule has 2 N–H and O–H groups in total. The summed E-state index contributed by atoms with van der Waals surface area (Å²) in [6.07, 6.45) is 0. The van der Waals surface area contributed by atoms with Crippen molar-refractivity contribution in [3.63, 3.8) is 0 Å². The molecule has 24 heavy (non-hydrogen) atoms. The summed E-state index contributed by atoms with van der Waals surface area (Å²) in [5.41, 5.74) is 10.7. The van der Waals surface area contributed by atoms with Crippen molar-refractivity contribution in [3.05, 3.63) is 69.2 Å². The lowest BCUT2D eigenvalue weighted by molar-refractivity contribution is 1.26. The molecule has 0 saturated heterocycles. The van der Waals surface area contributed by atoms with Gasteiger partial charge in [0.25, 0.3) is 0 Å². The first-order valence-corrected chi connectivity index (χ1v) is 8.41. The molecule has 0 aliphatic carbocycles. The van der Waals surface area contributed by atoms with Gasteiger partial charge in [0.2, 0.25) is 0 Å². The second-order valence-corrected chi connectivity index (χ2v) is 6.61. The van der Waals surface area contributed by atoms with Gasteiger partial charge < -0.3 is 5.73 Å². The number of nitrogens with two attached hydrogens (primary N) is 1. The predicted octanol–water partition coefficient (Wildman–Crippen LogP) is 5.59. The van der Waals surface area contributed by atoms with Gasteiger partial charge in [-0.25, -0.2) is 4.98 Å². The molecule has 3 aromatic rings. The van der Waals surface area contributed by atoms with Crippen LogP contribution in [0.25, 0.3) is 22.4 Å². The van der Waals surface area contributed by atoms with Crippen LogP contribution in [0, 0.1) is 18.3 Å². The highest BCUT2D eigenvalue weighted by Gasteiger charge is 2.19. The first-order valence-electron chi connectivity index (χ1n) is 7.24. The van der Waals surface area contributed by atoms with Crippen LogP contribution in [0.1, 0.15) is 11.1 Å². The molecule has 0 aliphatic rings. The van der Waals surface area contributed by atoms with E-state index in [-0.39, 0.29) is 5.82 Å². The Morgan fingerprint density at radius 2 is 1.79 bits per heavy atom. The summed E-state index contributed by atoms with van der Waals surface area (Å²) >= 11 is 9.53. The van der Waals surface area contributed by atoms with E-state index in [1.807, 2.05) is 55.5 Å². The molecular formula is C19H13BrClN3. The fraction of sp³-hybridized carbons (Fsp3) is 0.0526. The van der Waals surface area contributed by atoms with Crippen LogP contribution in [0.2, 0.25) is 5.02 Å². The number of rotatable bonds is 2. The van der Waals surface area contributed by atoms with Crippen molar-refractivity contribution in [2.24, 2.45) is 0 Å². The zero-order valence-electron chi connectivity index (χ0n) is 12.8. The molecule has 1 heterocycles. The quantitative estimate of drug-likeness (QED) is 0.611. The van der Waals surface area contributed by atoms with E-state index in [0.29, 0.717) is 10.6 Å². The lowest BCUT2D eigenvalue weighted by Gasteiger charge is -2.16. The summed E-state index contributed by atoms with van der Waals surface area (Å²) in [6.45, 7) is 1.95.